The van der Waals surface area contributed by atoms with E-state index in [9.17, 15) is 9.18 Å². The minimum Gasteiger partial charge on any atom is -0.497 e. The number of nitrogens with one attached hydrogen (secondary N) is 1. The highest BCUT2D eigenvalue weighted by molar-refractivity contribution is 5.83. The zero-order valence-corrected chi connectivity index (χ0v) is 14.4. The molecule has 0 unspecified atom stereocenters. The van der Waals surface area contributed by atoms with Crippen molar-refractivity contribution in [2.75, 3.05) is 13.7 Å². The molecule has 3 aromatic rings. The molecule has 138 valence electrons. The highest BCUT2D eigenvalue weighted by Gasteiger charge is 2.07. The zero-order valence-electron chi connectivity index (χ0n) is 14.4. The van der Waals surface area contributed by atoms with Crippen LogP contribution < -0.4 is 14.9 Å². The van der Waals surface area contributed by atoms with Gasteiger partial charge in [0.05, 0.1) is 19.0 Å². The van der Waals surface area contributed by atoms with Gasteiger partial charge in [-0.15, -0.1) is 5.10 Å². The van der Waals surface area contributed by atoms with Crippen LogP contribution in [0.2, 0.25) is 0 Å². The highest BCUT2D eigenvalue weighted by atomic mass is 19.1. The molecule has 9 heteroatoms. The van der Waals surface area contributed by atoms with Crippen molar-refractivity contribution in [3.05, 3.63) is 66.2 Å². The van der Waals surface area contributed by atoms with Crippen LogP contribution in [0.25, 0.3) is 5.69 Å². The van der Waals surface area contributed by atoms with E-state index in [-0.39, 0.29) is 18.2 Å². The van der Waals surface area contributed by atoms with E-state index in [4.69, 9.17) is 9.47 Å². The lowest BCUT2D eigenvalue weighted by Crippen LogP contribution is -2.25. The quantitative estimate of drug-likeness (QED) is 0.508. The van der Waals surface area contributed by atoms with E-state index < -0.39 is 11.7 Å². The fraction of sp³-hybridized carbons (Fsp3) is 0.111. The smallest absolute Gasteiger partial charge is 0.336 e. The number of hydrogen-bond donors (Lipinski definition) is 1. The summed E-state index contributed by atoms with van der Waals surface area (Å²) in [7, 11) is 1.47. The highest BCUT2D eigenvalue weighted by Crippen LogP contribution is 2.14. The lowest BCUT2D eigenvalue weighted by molar-refractivity contribution is -0.123. The van der Waals surface area contributed by atoms with Gasteiger partial charge in [0.25, 0.3) is 5.91 Å². The van der Waals surface area contributed by atoms with Gasteiger partial charge in [-0.25, -0.2) is 14.5 Å². The van der Waals surface area contributed by atoms with Gasteiger partial charge < -0.3 is 9.47 Å². The molecule has 0 fully saturated rings. The Hall–Kier alpha value is -3.75. The van der Waals surface area contributed by atoms with Gasteiger partial charge in [0.1, 0.15) is 17.9 Å². The second-order valence-electron chi connectivity index (χ2n) is 5.28. The molecule has 1 aromatic heterocycles. The second-order valence-corrected chi connectivity index (χ2v) is 5.28. The Morgan fingerprint density at radius 1 is 1.30 bits per heavy atom. The van der Waals surface area contributed by atoms with E-state index in [2.05, 4.69) is 20.6 Å². The molecule has 0 spiro atoms. The Labute approximate surface area is 154 Å². The maximum absolute atomic E-state index is 13.6. The molecule has 0 bridgehead atoms. The number of halogens is 1. The SMILES string of the molecule is COc1ccc(F)c(C=NNC(=O)COc2ncn(-c3ccccc3)n2)c1. The maximum atomic E-state index is 13.6. The van der Waals surface area contributed by atoms with Crippen molar-refractivity contribution in [3.8, 4) is 17.4 Å². The summed E-state index contributed by atoms with van der Waals surface area (Å²) < 4.78 is 25.4. The third-order valence-electron chi connectivity index (χ3n) is 3.42. The first-order valence-electron chi connectivity index (χ1n) is 7.91. The van der Waals surface area contributed by atoms with Crippen molar-refractivity contribution >= 4 is 12.1 Å². The minimum atomic E-state index is -0.536. The van der Waals surface area contributed by atoms with E-state index in [1.54, 1.807) is 0 Å². The molecule has 2 aromatic carbocycles. The van der Waals surface area contributed by atoms with Crippen molar-refractivity contribution in [2.24, 2.45) is 5.10 Å². The Morgan fingerprint density at radius 2 is 2.11 bits per heavy atom. The molecular formula is C18H16FN5O3. The number of aromatic nitrogens is 3. The first-order chi connectivity index (χ1) is 13.2. The van der Waals surface area contributed by atoms with Gasteiger partial charge in [0, 0.05) is 5.56 Å². The molecule has 8 nitrogen and oxygen atoms in total. The molecule has 27 heavy (non-hydrogen) atoms. The summed E-state index contributed by atoms with van der Waals surface area (Å²) in [5, 5.41) is 7.81. The van der Waals surface area contributed by atoms with Gasteiger partial charge in [-0.1, -0.05) is 18.2 Å². The number of para-hydroxylation sites is 1. The minimum absolute atomic E-state index is 0.0526. The average Bonchev–Trinajstić information content (AvgIpc) is 3.17. The molecular weight excluding hydrogens is 353 g/mol. The molecule has 0 atom stereocenters. The number of carbonyl (C=O) groups excluding carboxylic acids is 1. The predicted molar refractivity (Wildman–Crippen MR) is 95.5 cm³/mol. The lowest BCUT2D eigenvalue weighted by Gasteiger charge is -2.02. The summed E-state index contributed by atoms with van der Waals surface area (Å²) in [4.78, 5) is 15.7. The number of benzene rings is 2. The number of ether oxygens (including phenoxy) is 2. The molecule has 0 aliphatic heterocycles. The Morgan fingerprint density at radius 3 is 2.89 bits per heavy atom. The van der Waals surface area contributed by atoms with Crippen LogP contribution in [-0.2, 0) is 4.79 Å². The predicted octanol–water partition coefficient (Wildman–Crippen LogP) is 1.94. The summed E-state index contributed by atoms with van der Waals surface area (Å²) in [5.74, 6) is -0.543. The second kappa shape index (κ2) is 8.56. The van der Waals surface area contributed by atoms with Gasteiger partial charge in [-0.05, 0) is 30.3 Å². The Bertz CT molecular complexity index is 943. The van der Waals surface area contributed by atoms with E-state index >= 15 is 0 Å². The largest absolute Gasteiger partial charge is 0.497 e. The van der Waals surface area contributed by atoms with Gasteiger partial charge >= 0.3 is 6.01 Å². The van der Waals surface area contributed by atoms with Crippen molar-refractivity contribution in [1.29, 1.82) is 0 Å². The fourth-order valence-electron chi connectivity index (χ4n) is 2.10. The number of methoxy groups -OCH3 is 1. The monoisotopic (exact) mass is 369 g/mol. The molecule has 0 aliphatic rings. The summed E-state index contributed by atoms with van der Waals surface area (Å²) in [6, 6.07) is 13.6. The van der Waals surface area contributed by atoms with E-state index in [1.165, 1.54) is 42.5 Å². The third-order valence-corrected chi connectivity index (χ3v) is 3.42. The van der Waals surface area contributed by atoms with E-state index in [0.29, 0.717) is 5.75 Å². The zero-order chi connectivity index (χ0) is 19.1. The molecule has 1 heterocycles. The number of nitrogens with zero attached hydrogens (tertiary/aromatic N) is 4. The maximum Gasteiger partial charge on any atom is 0.336 e. The Balaban J connectivity index is 1.51. The van der Waals surface area contributed by atoms with Crippen LogP contribution in [0.1, 0.15) is 5.56 Å². The average molecular weight is 369 g/mol. The van der Waals surface area contributed by atoms with Crippen LogP contribution in [0, 0.1) is 5.82 Å². The molecule has 0 aliphatic carbocycles. The van der Waals surface area contributed by atoms with Crippen LogP contribution in [0.5, 0.6) is 11.8 Å². The van der Waals surface area contributed by atoms with Crippen molar-refractivity contribution < 1.29 is 18.7 Å². The van der Waals surface area contributed by atoms with Crippen LogP contribution in [0.3, 0.4) is 0 Å². The van der Waals surface area contributed by atoms with Crippen LogP contribution in [-0.4, -0.2) is 40.6 Å². The van der Waals surface area contributed by atoms with E-state index in [0.717, 1.165) is 5.69 Å². The summed E-state index contributed by atoms with van der Waals surface area (Å²) in [5.41, 5.74) is 3.23. The number of carbonyl (C=O) groups is 1. The van der Waals surface area contributed by atoms with Crippen molar-refractivity contribution in [2.45, 2.75) is 0 Å². The first-order valence-corrected chi connectivity index (χ1v) is 7.91. The van der Waals surface area contributed by atoms with Gasteiger partial charge in [0.2, 0.25) is 0 Å². The van der Waals surface area contributed by atoms with Gasteiger partial charge in [0.15, 0.2) is 6.61 Å². The molecule has 0 saturated heterocycles. The van der Waals surface area contributed by atoms with Crippen molar-refractivity contribution in [1.82, 2.24) is 20.2 Å². The third kappa shape index (κ3) is 4.88. The molecule has 0 saturated carbocycles. The topological polar surface area (TPSA) is 90.6 Å². The number of rotatable bonds is 7. The molecule has 1 amide bonds. The summed E-state index contributed by atoms with van der Waals surface area (Å²) in [6.45, 7) is -0.337. The normalized spacial score (nSPS) is 10.7. The molecule has 1 N–H and O–H groups in total. The number of hydrazone groups is 1. The number of hydrogen-bond acceptors (Lipinski definition) is 6. The van der Waals surface area contributed by atoms with Crippen molar-refractivity contribution in [3.63, 3.8) is 0 Å². The number of amides is 1. The molecule has 0 radical (unpaired) electrons. The van der Waals surface area contributed by atoms with Crippen LogP contribution >= 0.6 is 0 Å². The Kier molecular flexibility index (Phi) is 5.73. The summed E-state index contributed by atoms with van der Waals surface area (Å²) in [6.07, 6.45) is 2.66. The van der Waals surface area contributed by atoms with Crippen LogP contribution in [0.15, 0.2) is 60.0 Å². The van der Waals surface area contributed by atoms with Gasteiger partial charge in [-0.3, -0.25) is 4.79 Å². The molecule has 3 rings (SSSR count). The summed E-state index contributed by atoms with van der Waals surface area (Å²) >= 11 is 0. The van der Waals surface area contributed by atoms with E-state index in [1.807, 2.05) is 30.3 Å². The standard InChI is InChI=1S/C18H16FN5O3/c1-26-15-7-8-16(19)13(9-15)10-21-22-17(25)11-27-18-20-12-24(23-18)14-5-3-2-4-6-14/h2-10,12H,11H2,1H3,(H,22,25). The first kappa shape index (κ1) is 18.1. The fourth-order valence-corrected chi connectivity index (χ4v) is 2.10. The van der Waals surface area contributed by atoms with Crippen LogP contribution in [0.4, 0.5) is 4.39 Å². The van der Waals surface area contributed by atoms with Gasteiger partial charge in [-0.2, -0.15) is 10.1 Å². The lowest BCUT2D eigenvalue weighted by atomic mass is 10.2.